The summed E-state index contributed by atoms with van der Waals surface area (Å²) in [5, 5.41) is 0. The van der Waals surface area contributed by atoms with Crippen LogP contribution in [0.15, 0.2) is 24.3 Å². The van der Waals surface area contributed by atoms with Crippen LogP contribution in [0.25, 0.3) is 0 Å². The average molecular weight is 1000 g/mol. The third-order valence-corrected chi connectivity index (χ3v) is 14.5. The van der Waals surface area contributed by atoms with Gasteiger partial charge in [0.15, 0.2) is 6.10 Å². The Bertz CT molecular complexity index is 1150. The SMILES string of the molecule is CCCCCCC/C=C\C/C=C\CCCCCCCCCCCCCCCCCCCC(=O)OCC(COC(=O)CCCCCCCCCCCC)OC(=O)CCCCCCCCCCCCCCCC. The molecule has 0 saturated carbocycles. The van der Waals surface area contributed by atoms with Gasteiger partial charge in [-0.25, -0.2) is 0 Å². The van der Waals surface area contributed by atoms with Crippen LogP contribution in [0.2, 0.25) is 0 Å². The fourth-order valence-electron chi connectivity index (χ4n) is 9.65. The van der Waals surface area contributed by atoms with E-state index in [1.165, 1.54) is 250 Å². The standard InChI is InChI=1S/C65H122O6/c1-4-7-10-13-16-19-22-24-26-27-28-29-30-31-32-33-34-35-36-37-38-39-40-42-43-46-49-52-55-58-64(67)70-61-62(60-69-63(66)57-54-51-48-45-21-18-15-12-9-6-3)71-65(68)59-56-53-50-47-44-41-25-23-20-17-14-11-8-5-2/h22,24,27-28,62H,4-21,23,25-26,29-61H2,1-3H3/b24-22-,28-27-. The van der Waals surface area contributed by atoms with Crippen molar-refractivity contribution in [2.24, 2.45) is 0 Å². The van der Waals surface area contributed by atoms with Crippen LogP contribution in [-0.2, 0) is 28.6 Å². The zero-order chi connectivity index (χ0) is 51.4. The molecule has 1 atom stereocenters. The van der Waals surface area contributed by atoms with E-state index < -0.39 is 6.10 Å². The highest BCUT2D eigenvalue weighted by molar-refractivity contribution is 5.71. The van der Waals surface area contributed by atoms with Crippen LogP contribution in [0, 0.1) is 0 Å². The Morgan fingerprint density at radius 3 is 0.775 bits per heavy atom. The molecule has 71 heavy (non-hydrogen) atoms. The van der Waals surface area contributed by atoms with E-state index in [9.17, 15) is 14.4 Å². The highest BCUT2D eigenvalue weighted by Crippen LogP contribution is 2.18. The lowest BCUT2D eigenvalue weighted by molar-refractivity contribution is -0.167. The highest BCUT2D eigenvalue weighted by Gasteiger charge is 2.19. The smallest absolute Gasteiger partial charge is 0.306 e. The van der Waals surface area contributed by atoms with E-state index in [2.05, 4.69) is 45.1 Å². The van der Waals surface area contributed by atoms with Gasteiger partial charge in [0.05, 0.1) is 0 Å². The molecule has 0 aromatic rings. The molecule has 0 heterocycles. The lowest BCUT2D eigenvalue weighted by Crippen LogP contribution is -2.30. The number of carbonyl (C=O) groups is 3. The Labute approximate surface area is 443 Å². The van der Waals surface area contributed by atoms with Crippen LogP contribution in [0.1, 0.15) is 355 Å². The predicted molar refractivity (Wildman–Crippen MR) is 307 cm³/mol. The summed E-state index contributed by atoms with van der Waals surface area (Å²) in [7, 11) is 0. The minimum Gasteiger partial charge on any atom is -0.462 e. The zero-order valence-corrected chi connectivity index (χ0v) is 48.0. The summed E-state index contributed by atoms with van der Waals surface area (Å²) in [6.45, 7) is 6.67. The molecule has 0 fully saturated rings. The molecule has 0 spiro atoms. The largest absolute Gasteiger partial charge is 0.462 e. The first-order valence-corrected chi connectivity index (χ1v) is 31.8. The maximum atomic E-state index is 12.8. The first-order valence-electron chi connectivity index (χ1n) is 31.8. The monoisotopic (exact) mass is 999 g/mol. The van der Waals surface area contributed by atoms with Gasteiger partial charge in [-0.2, -0.15) is 0 Å². The second kappa shape index (κ2) is 60.4. The summed E-state index contributed by atoms with van der Waals surface area (Å²) >= 11 is 0. The molecule has 1 unspecified atom stereocenters. The fourth-order valence-corrected chi connectivity index (χ4v) is 9.65. The molecule has 0 N–H and O–H groups in total. The summed E-state index contributed by atoms with van der Waals surface area (Å²) < 4.78 is 16.9. The lowest BCUT2D eigenvalue weighted by Gasteiger charge is -2.18. The van der Waals surface area contributed by atoms with Crippen molar-refractivity contribution in [2.45, 2.75) is 361 Å². The van der Waals surface area contributed by atoms with Crippen molar-refractivity contribution >= 4 is 17.9 Å². The Morgan fingerprint density at radius 1 is 0.282 bits per heavy atom. The van der Waals surface area contributed by atoms with Crippen LogP contribution >= 0.6 is 0 Å². The van der Waals surface area contributed by atoms with Gasteiger partial charge in [0.2, 0.25) is 0 Å². The Morgan fingerprint density at radius 2 is 0.507 bits per heavy atom. The molecule has 0 bridgehead atoms. The van der Waals surface area contributed by atoms with E-state index >= 15 is 0 Å². The number of esters is 3. The minimum absolute atomic E-state index is 0.0643. The average Bonchev–Trinajstić information content (AvgIpc) is 3.37. The molecule has 6 heteroatoms. The van der Waals surface area contributed by atoms with Crippen LogP contribution in [-0.4, -0.2) is 37.2 Å². The van der Waals surface area contributed by atoms with Crippen molar-refractivity contribution in [3.05, 3.63) is 24.3 Å². The zero-order valence-electron chi connectivity index (χ0n) is 48.0. The maximum Gasteiger partial charge on any atom is 0.306 e. The molecule has 0 amide bonds. The molecular weight excluding hydrogens is 877 g/mol. The van der Waals surface area contributed by atoms with Gasteiger partial charge in [0.1, 0.15) is 13.2 Å². The van der Waals surface area contributed by atoms with E-state index in [0.29, 0.717) is 19.3 Å². The molecule has 418 valence electrons. The molecular formula is C65H122O6. The van der Waals surface area contributed by atoms with Crippen molar-refractivity contribution in [3.63, 3.8) is 0 Å². The lowest BCUT2D eigenvalue weighted by atomic mass is 10.0. The molecule has 0 aromatic heterocycles. The van der Waals surface area contributed by atoms with E-state index in [0.717, 1.165) is 64.2 Å². The van der Waals surface area contributed by atoms with Gasteiger partial charge in [-0.05, 0) is 51.4 Å². The maximum absolute atomic E-state index is 12.8. The molecule has 0 aromatic carbocycles. The van der Waals surface area contributed by atoms with Crippen molar-refractivity contribution in [2.75, 3.05) is 13.2 Å². The highest BCUT2D eigenvalue weighted by atomic mass is 16.6. The first-order chi connectivity index (χ1) is 35.0. The predicted octanol–water partition coefficient (Wildman–Crippen LogP) is 21.4. The Hall–Kier alpha value is -2.11. The summed E-state index contributed by atoms with van der Waals surface area (Å²) in [6.07, 6.45) is 72.0. The van der Waals surface area contributed by atoms with Gasteiger partial charge in [0.25, 0.3) is 0 Å². The summed E-state index contributed by atoms with van der Waals surface area (Å²) in [4.78, 5) is 38.1. The van der Waals surface area contributed by atoms with Crippen molar-refractivity contribution < 1.29 is 28.6 Å². The first kappa shape index (κ1) is 68.9. The van der Waals surface area contributed by atoms with Gasteiger partial charge in [-0.3, -0.25) is 14.4 Å². The van der Waals surface area contributed by atoms with Crippen molar-refractivity contribution in [3.8, 4) is 0 Å². The third kappa shape index (κ3) is 58.7. The van der Waals surface area contributed by atoms with Crippen LogP contribution in [0.4, 0.5) is 0 Å². The Balaban J connectivity index is 4.08. The third-order valence-electron chi connectivity index (χ3n) is 14.5. The van der Waals surface area contributed by atoms with Gasteiger partial charge in [-0.15, -0.1) is 0 Å². The van der Waals surface area contributed by atoms with E-state index in [1.54, 1.807) is 0 Å². The number of rotatable bonds is 59. The quantitative estimate of drug-likeness (QED) is 0.0261. The van der Waals surface area contributed by atoms with Gasteiger partial charge in [0, 0.05) is 19.3 Å². The van der Waals surface area contributed by atoms with Crippen LogP contribution < -0.4 is 0 Å². The van der Waals surface area contributed by atoms with Crippen molar-refractivity contribution in [1.82, 2.24) is 0 Å². The van der Waals surface area contributed by atoms with Gasteiger partial charge >= 0.3 is 17.9 Å². The molecule has 0 saturated heterocycles. The summed E-state index contributed by atoms with van der Waals surface area (Å²) in [5.74, 6) is -0.841. The number of carbonyl (C=O) groups excluding carboxylic acids is 3. The number of hydrogen-bond acceptors (Lipinski definition) is 6. The number of allylic oxidation sites excluding steroid dienone is 4. The van der Waals surface area contributed by atoms with E-state index in [4.69, 9.17) is 14.2 Å². The van der Waals surface area contributed by atoms with E-state index in [1.807, 2.05) is 0 Å². The van der Waals surface area contributed by atoms with Crippen LogP contribution in [0.3, 0.4) is 0 Å². The van der Waals surface area contributed by atoms with Gasteiger partial charge < -0.3 is 14.2 Å². The second-order valence-corrected chi connectivity index (χ2v) is 21.7. The van der Waals surface area contributed by atoms with Crippen molar-refractivity contribution in [1.29, 1.82) is 0 Å². The molecule has 0 aliphatic rings. The molecule has 6 nitrogen and oxygen atoms in total. The topological polar surface area (TPSA) is 78.9 Å². The minimum atomic E-state index is -0.764. The molecule has 0 radical (unpaired) electrons. The molecule has 0 aliphatic heterocycles. The normalized spacial score (nSPS) is 12.1. The number of ether oxygens (including phenoxy) is 3. The number of hydrogen-bond donors (Lipinski definition) is 0. The molecule has 0 aliphatic carbocycles. The summed E-state index contributed by atoms with van der Waals surface area (Å²) in [5.41, 5.74) is 0. The fraction of sp³-hybridized carbons (Fsp3) is 0.892. The Kier molecular flexibility index (Phi) is 58.6. The molecule has 0 rings (SSSR count). The number of unbranched alkanes of at least 4 members (excludes halogenated alkanes) is 44. The summed E-state index contributed by atoms with van der Waals surface area (Å²) in [6, 6.07) is 0. The van der Waals surface area contributed by atoms with Crippen LogP contribution in [0.5, 0.6) is 0 Å². The van der Waals surface area contributed by atoms with E-state index in [-0.39, 0.29) is 31.1 Å². The van der Waals surface area contributed by atoms with Gasteiger partial charge in [-0.1, -0.05) is 308 Å². The second-order valence-electron chi connectivity index (χ2n) is 21.7.